The van der Waals surface area contributed by atoms with E-state index in [2.05, 4.69) is 5.32 Å². The highest BCUT2D eigenvalue weighted by molar-refractivity contribution is 6.31. The number of hydrogen-bond donors (Lipinski definition) is 1. The predicted molar refractivity (Wildman–Crippen MR) is 92.1 cm³/mol. The van der Waals surface area contributed by atoms with Crippen LogP contribution < -0.4 is 10.1 Å². The molecule has 132 valence electrons. The van der Waals surface area contributed by atoms with Crippen LogP contribution in [0.5, 0.6) is 5.75 Å². The molecule has 0 unspecified atom stereocenters. The first-order valence-electron chi connectivity index (χ1n) is 7.59. The van der Waals surface area contributed by atoms with Gasteiger partial charge >= 0.3 is 5.97 Å². The molecule has 1 atom stereocenters. The molecule has 0 radical (unpaired) electrons. The Bertz CT molecular complexity index is 739. The lowest BCUT2D eigenvalue weighted by atomic mass is 10.3. The number of anilines is 1. The number of para-hydroxylation sites is 1. The van der Waals surface area contributed by atoms with Crippen molar-refractivity contribution in [3.8, 4) is 5.75 Å². The van der Waals surface area contributed by atoms with Crippen molar-refractivity contribution in [2.45, 2.75) is 19.4 Å². The molecule has 0 aliphatic heterocycles. The minimum atomic E-state index is -1.01. The van der Waals surface area contributed by atoms with Gasteiger partial charge in [-0.15, -0.1) is 0 Å². The average molecular weight is 366 g/mol. The van der Waals surface area contributed by atoms with E-state index < -0.39 is 23.8 Å². The second kappa shape index (κ2) is 9.03. The minimum Gasteiger partial charge on any atom is -0.493 e. The van der Waals surface area contributed by atoms with Gasteiger partial charge in [0.15, 0.2) is 6.10 Å². The molecule has 25 heavy (non-hydrogen) atoms. The van der Waals surface area contributed by atoms with E-state index >= 15 is 0 Å². The fraction of sp³-hybridized carbons (Fsp3) is 0.222. The van der Waals surface area contributed by atoms with Crippen molar-refractivity contribution in [3.63, 3.8) is 0 Å². The summed E-state index contributed by atoms with van der Waals surface area (Å²) in [5, 5.41) is 2.39. The summed E-state index contributed by atoms with van der Waals surface area (Å²) < 4.78 is 23.5. The van der Waals surface area contributed by atoms with Crippen molar-refractivity contribution in [1.82, 2.24) is 0 Å². The van der Waals surface area contributed by atoms with Gasteiger partial charge in [0, 0.05) is 5.69 Å². The van der Waals surface area contributed by atoms with Crippen LogP contribution in [0.25, 0.3) is 0 Å². The lowest BCUT2D eigenvalue weighted by molar-refractivity contribution is -0.153. The number of hydrogen-bond acceptors (Lipinski definition) is 4. The first-order valence-corrected chi connectivity index (χ1v) is 7.97. The summed E-state index contributed by atoms with van der Waals surface area (Å²) in [4.78, 5) is 23.7. The molecule has 2 aromatic carbocycles. The summed E-state index contributed by atoms with van der Waals surface area (Å²) in [5.74, 6) is -1.04. The third-order valence-corrected chi connectivity index (χ3v) is 3.47. The fourth-order valence-electron chi connectivity index (χ4n) is 1.90. The summed E-state index contributed by atoms with van der Waals surface area (Å²) >= 11 is 5.64. The van der Waals surface area contributed by atoms with Crippen LogP contribution in [-0.4, -0.2) is 24.6 Å². The molecule has 0 aliphatic rings. The van der Waals surface area contributed by atoms with Gasteiger partial charge in [0.2, 0.25) is 0 Å². The first kappa shape index (κ1) is 18.7. The van der Waals surface area contributed by atoms with E-state index in [0.717, 1.165) is 6.07 Å². The summed E-state index contributed by atoms with van der Waals surface area (Å²) in [6.45, 7) is 1.58. The van der Waals surface area contributed by atoms with Gasteiger partial charge in [-0.1, -0.05) is 29.8 Å². The molecule has 5 nitrogen and oxygen atoms in total. The van der Waals surface area contributed by atoms with Crippen LogP contribution in [-0.2, 0) is 14.3 Å². The van der Waals surface area contributed by atoms with Crippen LogP contribution in [0.3, 0.4) is 0 Å². The highest BCUT2D eigenvalue weighted by Gasteiger charge is 2.18. The molecule has 2 rings (SSSR count). The van der Waals surface area contributed by atoms with E-state index in [0.29, 0.717) is 11.4 Å². The maximum atomic E-state index is 13.1. The molecule has 0 saturated heterocycles. The SMILES string of the molecule is C[C@@H](OC(=O)CCOc1ccccc1)C(=O)Nc1ccc(F)c(Cl)c1. The zero-order valence-electron chi connectivity index (χ0n) is 13.5. The molecule has 0 spiro atoms. The Morgan fingerprint density at radius 2 is 1.92 bits per heavy atom. The van der Waals surface area contributed by atoms with Crippen LogP contribution in [0.4, 0.5) is 10.1 Å². The topological polar surface area (TPSA) is 64.6 Å². The number of ether oxygens (including phenoxy) is 2. The fourth-order valence-corrected chi connectivity index (χ4v) is 2.08. The lowest BCUT2D eigenvalue weighted by Gasteiger charge is -2.14. The summed E-state index contributed by atoms with van der Waals surface area (Å²) in [6, 6.07) is 12.8. The second-order valence-corrected chi connectivity index (χ2v) is 5.57. The van der Waals surface area contributed by atoms with Crippen molar-refractivity contribution < 1.29 is 23.5 Å². The smallest absolute Gasteiger partial charge is 0.310 e. The summed E-state index contributed by atoms with van der Waals surface area (Å²) in [6.07, 6.45) is -0.998. The minimum absolute atomic E-state index is 0.00882. The number of benzene rings is 2. The molecule has 0 bridgehead atoms. The van der Waals surface area contributed by atoms with Gasteiger partial charge in [-0.3, -0.25) is 9.59 Å². The standard InChI is InChI=1S/C18H17ClFNO4/c1-12(18(23)21-13-7-8-16(20)15(19)11-13)25-17(22)9-10-24-14-5-3-2-4-6-14/h2-8,11-12H,9-10H2,1H3,(H,21,23)/t12-/m1/s1. The third-order valence-electron chi connectivity index (χ3n) is 3.18. The molecule has 0 aromatic heterocycles. The van der Waals surface area contributed by atoms with E-state index in [1.807, 2.05) is 18.2 Å². The quantitative estimate of drug-likeness (QED) is 0.757. The monoisotopic (exact) mass is 365 g/mol. The summed E-state index contributed by atoms with van der Waals surface area (Å²) in [7, 11) is 0. The van der Waals surface area contributed by atoms with Crippen molar-refractivity contribution in [2.75, 3.05) is 11.9 Å². The van der Waals surface area contributed by atoms with E-state index in [9.17, 15) is 14.0 Å². The van der Waals surface area contributed by atoms with E-state index in [4.69, 9.17) is 21.1 Å². The Hall–Kier alpha value is -2.60. The van der Waals surface area contributed by atoms with Crippen molar-refractivity contribution in [2.24, 2.45) is 0 Å². The van der Waals surface area contributed by atoms with Crippen molar-refractivity contribution in [1.29, 1.82) is 0 Å². The van der Waals surface area contributed by atoms with E-state index in [1.165, 1.54) is 19.1 Å². The number of halogens is 2. The van der Waals surface area contributed by atoms with Gasteiger partial charge in [-0.25, -0.2) is 4.39 Å². The zero-order valence-corrected chi connectivity index (χ0v) is 14.3. The van der Waals surface area contributed by atoms with Crippen LogP contribution in [0.1, 0.15) is 13.3 Å². The molecular weight excluding hydrogens is 349 g/mol. The highest BCUT2D eigenvalue weighted by atomic mass is 35.5. The maximum absolute atomic E-state index is 13.1. The van der Waals surface area contributed by atoms with Crippen LogP contribution in [0, 0.1) is 5.82 Å². The van der Waals surface area contributed by atoms with E-state index in [-0.39, 0.29) is 18.1 Å². The molecule has 0 aliphatic carbocycles. The van der Waals surface area contributed by atoms with Gasteiger partial charge in [0.1, 0.15) is 11.6 Å². The molecule has 7 heteroatoms. The Labute approximate surface area is 149 Å². The van der Waals surface area contributed by atoms with Gasteiger partial charge in [-0.2, -0.15) is 0 Å². The van der Waals surface area contributed by atoms with Gasteiger partial charge in [-0.05, 0) is 37.3 Å². The van der Waals surface area contributed by atoms with Crippen LogP contribution in [0.2, 0.25) is 5.02 Å². The van der Waals surface area contributed by atoms with Gasteiger partial charge in [0.05, 0.1) is 18.1 Å². The number of esters is 1. The summed E-state index contributed by atoms with van der Waals surface area (Å²) in [5.41, 5.74) is 0.312. The van der Waals surface area contributed by atoms with Crippen LogP contribution >= 0.6 is 11.6 Å². The van der Waals surface area contributed by atoms with Gasteiger partial charge < -0.3 is 14.8 Å². The zero-order chi connectivity index (χ0) is 18.2. The maximum Gasteiger partial charge on any atom is 0.310 e. The number of rotatable bonds is 7. The Morgan fingerprint density at radius 3 is 2.60 bits per heavy atom. The predicted octanol–water partition coefficient (Wildman–Crippen LogP) is 3.82. The first-order chi connectivity index (χ1) is 12.0. The van der Waals surface area contributed by atoms with Gasteiger partial charge in [0.25, 0.3) is 5.91 Å². The number of carbonyl (C=O) groups excluding carboxylic acids is 2. The largest absolute Gasteiger partial charge is 0.493 e. The molecular formula is C18H17ClFNO4. The molecule has 2 aromatic rings. The molecule has 1 N–H and O–H groups in total. The van der Waals surface area contributed by atoms with E-state index in [1.54, 1.807) is 12.1 Å². The number of carbonyl (C=O) groups is 2. The highest BCUT2D eigenvalue weighted by Crippen LogP contribution is 2.19. The normalized spacial score (nSPS) is 11.5. The molecule has 1 amide bonds. The Kier molecular flexibility index (Phi) is 6.77. The number of amides is 1. The van der Waals surface area contributed by atoms with Crippen molar-refractivity contribution in [3.05, 3.63) is 59.4 Å². The molecule has 0 saturated carbocycles. The molecule has 0 heterocycles. The van der Waals surface area contributed by atoms with Crippen LogP contribution in [0.15, 0.2) is 48.5 Å². The Balaban J connectivity index is 1.75. The third kappa shape index (κ3) is 6.08. The molecule has 0 fully saturated rings. The number of nitrogens with one attached hydrogen (secondary N) is 1. The average Bonchev–Trinajstić information content (AvgIpc) is 2.59. The van der Waals surface area contributed by atoms with Crippen molar-refractivity contribution >= 4 is 29.2 Å². The lowest BCUT2D eigenvalue weighted by Crippen LogP contribution is -2.30. The Morgan fingerprint density at radius 1 is 1.20 bits per heavy atom. The second-order valence-electron chi connectivity index (χ2n) is 5.16.